The summed E-state index contributed by atoms with van der Waals surface area (Å²) in [7, 11) is 0. The molecule has 0 bridgehead atoms. The smallest absolute Gasteiger partial charge is 0.367 e. The molecule has 2 rings (SSSR count). The van der Waals surface area contributed by atoms with E-state index in [0.29, 0.717) is 5.06 Å². The van der Waals surface area contributed by atoms with Gasteiger partial charge in [-0.1, -0.05) is 0 Å². The van der Waals surface area contributed by atoms with Crippen LogP contribution in [0.1, 0.15) is 54.5 Å². The maximum Gasteiger partial charge on any atom is 0.367 e. The highest BCUT2D eigenvalue weighted by molar-refractivity contribution is 6.03. The number of carbonyl (C=O) groups is 4. The summed E-state index contributed by atoms with van der Waals surface area (Å²) in [4.78, 5) is 55.9. The van der Waals surface area contributed by atoms with E-state index in [2.05, 4.69) is 10.4 Å². The second kappa shape index (κ2) is 6.85. The Hall–Kier alpha value is -3.01. The van der Waals surface area contributed by atoms with E-state index in [-0.39, 0.29) is 29.9 Å². The molecule has 1 aliphatic heterocycles. The second-order valence-corrected chi connectivity index (χ2v) is 6.20. The van der Waals surface area contributed by atoms with Crippen molar-refractivity contribution in [1.29, 1.82) is 0 Å². The van der Waals surface area contributed by atoms with Gasteiger partial charge in [0.1, 0.15) is 11.2 Å². The average Bonchev–Trinajstić information content (AvgIpc) is 2.84. The van der Waals surface area contributed by atoms with E-state index >= 15 is 0 Å². The SMILES string of the molecule is CC(C)(C)OC(=O)c1ccc(C(=O)ON2C(=O)CCC2=O)c(NN)n1. The van der Waals surface area contributed by atoms with Crippen molar-refractivity contribution < 1.29 is 28.8 Å². The van der Waals surface area contributed by atoms with Crippen LogP contribution in [0.2, 0.25) is 0 Å². The summed E-state index contributed by atoms with van der Waals surface area (Å²) in [6, 6.07) is 2.48. The Kier molecular flexibility index (Phi) is 5.02. The van der Waals surface area contributed by atoms with Gasteiger partial charge in [-0.05, 0) is 32.9 Å². The van der Waals surface area contributed by atoms with Gasteiger partial charge in [0.05, 0.1) is 0 Å². The number of rotatable bonds is 4. The third-order valence-electron chi connectivity index (χ3n) is 3.04. The van der Waals surface area contributed by atoms with Crippen LogP contribution in [0.25, 0.3) is 0 Å². The van der Waals surface area contributed by atoms with Gasteiger partial charge in [-0.25, -0.2) is 20.4 Å². The summed E-state index contributed by atoms with van der Waals surface area (Å²) in [5.74, 6) is 2.23. The third-order valence-corrected chi connectivity index (χ3v) is 3.04. The molecule has 10 nitrogen and oxygen atoms in total. The largest absolute Gasteiger partial charge is 0.455 e. The Balaban J connectivity index is 2.21. The van der Waals surface area contributed by atoms with Crippen molar-refractivity contribution in [3.63, 3.8) is 0 Å². The average molecular weight is 350 g/mol. The predicted molar refractivity (Wildman–Crippen MR) is 83.7 cm³/mol. The van der Waals surface area contributed by atoms with Crippen LogP contribution in [0.15, 0.2) is 12.1 Å². The zero-order valence-electron chi connectivity index (χ0n) is 14.0. The zero-order valence-corrected chi connectivity index (χ0v) is 14.0. The summed E-state index contributed by atoms with van der Waals surface area (Å²) >= 11 is 0. The van der Waals surface area contributed by atoms with Crippen molar-refractivity contribution in [2.45, 2.75) is 39.2 Å². The minimum absolute atomic E-state index is 0.0239. The van der Waals surface area contributed by atoms with Crippen LogP contribution in [-0.2, 0) is 19.2 Å². The first-order valence-electron chi connectivity index (χ1n) is 7.41. The second-order valence-electron chi connectivity index (χ2n) is 6.20. The van der Waals surface area contributed by atoms with Crippen LogP contribution in [0, 0.1) is 0 Å². The molecule has 0 spiro atoms. The van der Waals surface area contributed by atoms with Crippen LogP contribution in [0.4, 0.5) is 5.82 Å². The Morgan fingerprint density at radius 2 is 1.76 bits per heavy atom. The van der Waals surface area contributed by atoms with Crippen molar-refractivity contribution in [2.75, 3.05) is 5.43 Å². The molecule has 0 unspecified atom stereocenters. The molecule has 1 saturated heterocycles. The van der Waals surface area contributed by atoms with E-state index < -0.39 is 29.4 Å². The van der Waals surface area contributed by atoms with E-state index in [1.807, 2.05) is 0 Å². The topological polar surface area (TPSA) is 141 Å². The Bertz CT molecular complexity index is 724. The lowest BCUT2D eigenvalue weighted by molar-refractivity contribution is -0.172. The monoisotopic (exact) mass is 350 g/mol. The number of pyridine rings is 1. The lowest BCUT2D eigenvalue weighted by atomic mass is 10.2. The lowest BCUT2D eigenvalue weighted by Gasteiger charge is -2.19. The first-order valence-corrected chi connectivity index (χ1v) is 7.41. The van der Waals surface area contributed by atoms with Crippen molar-refractivity contribution in [2.24, 2.45) is 5.84 Å². The fourth-order valence-electron chi connectivity index (χ4n) is 1.97. The number of hydrogen-bond donors (Lipinski definition) is 2. The first-order chi connectivity index (χ1) is 11.6. The van der Waals surface area contributed by atoms with Crippen molar-refractivity contribution in [3.05, 3.63) is 23.4 Å². The number of nitrogens with two attached hydrogens (primary N) is 1. The van der Waals surface area contributed by atoms with Crippen molar-refractivity contribution in [1.82, 2.24) is 10.0 Å². The van der Waals surface area contributed by atoms with Crippen LogP contribution in [-0.4, -0.2) is 39.4 Å². The molecule has 1 fully saturated rings. The van der Waals surface area contributed by atoms with Crippen LogP contribution in [0.5, 0.6) is 0 Å². The van der Waals surface area contributed by atoms with Gasteiger partial charge in [0.15, 0.2) is 11.5 Å². The molecule has 134 valence electrons. The molecule has 0 aromatic carbocycles. The summed E-state index contributed by atoms with van der Waals surface area (Å²) in [6.45, 7) is 5.09. The number of ether oxygens (including phenoxy) is 1. The van der Waals surface area contributed by atoms with Gasteiger partial charge in [-0.15, -0.1) is 5.06 Å². The summed E-state index contributed by atoms with van der Waals surface area (Å²) in [6.07, 6.45) is -0.0477. The van der Waals surface area contributed by atoms with Crippen molar-refractivity contribution >= 4 is 29.6 Å². The molecule has 25 heavy (non-hydrogen) atoms. The minimum atomic E-state index is -1.01. The molecule has 3 N–H and O–H groups in total. The molecule has 1 aromatic rings. The Morgan fingerprint density at radius 3 is 2.28 bits per heavy atom. The van der Waals surface area contributed by atoms with Gasteiger partial charge in [0.2, 0.25) is 0 Å². The number of aromatic nitrogens is 1. The van der Waals surface area contributed by atoms with E-state index in [9.17, 15) is 19.2 Å². The predicted octanol–water partition coefficient (Wildman–Crippen LogP) is 0.543. The quantitative estimate of drug-likeness (QED) is 0.344. The zero-order chi connectivity index (χ0) is 18.8. The number of carbonyl (C=O) groups excluding carboxylic acids is 4. The molecular formula is C15H18N4O6. The van der Waals surface area contributed by atoms with Crippen LogP contribution < -0.4 is 11.3 Å². The number of nitrogens with one attached hydrogen (secondary N) is 1. The molecule has 1 aliphatic rings. The molecule has 0 atom stereocenters. The first kappa shape index (κ1) is 18.3. The van der Waals surface area contributed by atoms with Gasteiger partial charge < -0.3 is 15.0 Å². The standard InChI is InChI=1S/C15H18N4O6/c1-15(2,3)24-14(23)9-5-4-8(12(17-9)18-16)13(22)25-19-10(20)6-7-11(19)21/h4-5H,6-7,16H2,1-3H3,(H,17,18). The summed E-state index contributed by atoms with van der Waals surface area (Å²) in [5, 5.41) is 0.407. The van der Waals surface area contributed by atoms with Crippen molar-refractivity contribution in [3.8, 4) is 0 Å². The number of hydrogen-bond acceptors (Lipinski definition) is 9. The summed E-state index contributed by atoms with van der Waals surface area (Å²) < 4.78 is 5.18. The highest BCUT2D eigenvalue weighted by Gasteiger charge is 2.34. The number of hydrazine groups is 1. The molecule has 1 aromatic heterocycles. The fourth-order valence-corrected chi connectivity index (χ4v) is 1.97. The normalized spacial score (nSPS) is 14.5. The Labute approximate surface area is 143 Å². The van der Waals surface area contributed by atoms with Crippen LogP contribution >= 0.6 is 0 Å². The highest BCUT2D eigenvalue weighted by Crippen LogP contribution is 2.19. The Morgan fingerprint density at radius 1 is 1.16 bits per heavy atom. The van der Waals surface area contributed by atoms with E-state index in [1.165, 1.54) is 12.1 Å². The molecule has 2 amide bonds. The highest BCUT2D eigenvalue weighted by atomic mass is 16.7. The lowest BCUT2D eigenvalue weighted by Crippen LogP contribution is -2.32. The number of amides is 2. The number of imide groups is 1. The van der Waals surface area contributed by atoms with E-state index in [1.54, 1.807) is 20.8 Å². The molecule has 0 aliphatic carbocycles. The molecule has 10 heteroatoms. The van der Waals surface area contributed by atoms with Gasteiger partial charge in [-0.3, -0.25) is 9.59 Å². The molecule has 2 heterocycles. The number of hydroxylamine groups is 2. The summed E-state index contributed by atoms with van der Waals surface area (Å²) in [5.41, 5.74) is 1.23. The van der Waals surface area contributed by atoms with Gasteiger partial charge in [0, 0.05) is 12.8 Å². The number of nitrogen functional groups attached to an aromatic ring is 1. The number of nitrogens with zero attached hydrogens (tertiary/aromatic N) is 2. The van der Waals surface area contributed by atoms with E-state index in [0.717, 1.165) is 0 Å². The minimum Gasteiger partial charge on any atom is -0.455 e. The molecule has 0 saturated carbocycles. The number of anilines is 1. The molecule has 0 radical (unpaired) electrons. The van der Waals surface area contributed by atoms with Crippen LogP contribution in [0.3, 0.4) is 0 Å². The fraction of sp³-hybridized carbons (Fsp3) is 0.400. The van der Waals surface area contributed by atoms with Gasteiger partial charge in [-0.2, -0.15) is 0 Å². The third kappa shape index (κ3) is 4.29. The van der Waals surface area contributed by atoms with E-state index in [4.69, 9.17) is 15.4 Å². The number of esters is 1. The molecular weight excluding hydrogens is 332 g/mol. The maximum atomic E-state index is 12.2. The van der Waals surface area contributed by atoms with Gasteiger partial charge in [0.25, 0.3) is 11.8 Å². The maximum absolute atomic E-state index is 12.2. The van der Waals surface area contributed by atoms with Gasteiger partial charge >= 0.3 is 11.9 Å².